The first-order valence-electron chi connectivity index (χ1n) is 6.05. The Hall–Kier alpha value is -1.85. The largest absolute Gasteiger partial charge is 0.478 e. The Kier molecular flexibility index (Phi) is 4.76. The number of hydrogen-bond donors (Lipinski definition) is 2. The van der Waals surface area contributed by atoms with Crippen molar-refractivity contribution in [3.8, 4) is 5.88 Å². The summed E-state index contributed by atoms with van der Waals surface area (Å²) in [6.45, 7) is 2.50. The number of halogens is 1. The van der Waals surface area contributed by atoms with Crippen molar-refractivity contribution in [2.75, 3.05) is 11.9 Å². The molecule has 0 saturated heterocycles. The number of aromatic nitrogens is 1. The molecule has 4 nitrogen and oxygen atoms in total. The summed E-state index contributed by atoms with van der Waals surface area (Å²) in [4.78, 5) is 4.49. The molecule has 2 aromatic rings. The van der Waals surface area contributed by atoms with Crippen molar-refractivity contribution in [1.29, 1.82) is 0 Å². The number of benzene rings is 1. The summed E-state index contributed by atoms with van der Waals surface area (Å²) < 4.78 is 5.28. The van der Waals surface area contributed by atoms with Gasteiger partial charge in [-0.2, -0.15) is 0 Å². The first kappa shape index (κ1) is 14.6. The molecule has 104 valence electrons. The van der Waals surface area contributed by atoms with Crippen molar-refractivity contribution in [2.24, 2.45) is 5.73 Å². The van der Waals surface area contributed by atoms with E-state index in [1.165, 1.54) is 0 Å². The minimum absolute atomic E-state index is 0.321. The number of nitrogens with one attached hydrogen (secondary N) is 1. The maximum Gasteiger partial charge on any atom is 0.213 e. The van der Waals surface area contributed by atoms with E-state index in [0.29, 0.717) is 22.5 Å². The maximum absolute atomic E-state index is 6.18. The fourth-order valence-corrected chi connectivity index (χ4v) is 1.97. The number of anilines is 2. The van der Waals surface area contributed by atoms with Crippen LogP contribution in [0, 0.1) is 0 Å². The van der Waals surface area contributed by atoms with Crippen molar-refractivity contribution < 1.29 is 4.74 Å². The molecule has 0 aliphatic carbocycles. The standard InChI is InChI=1S/C14H14ClN3OS/c1-2-19-13-6-4-10(8-17-13)18-12-5-3-9(14(16)20)7-11(12)15/h3-8,18H,2H2,1H3,(H2,16,20). The summed E-state index contributed by atoms with van der Waals surface area (Å²) in [5.41, 5.74) is 7.88. The zero-order valence-corrected chi connectivity index (χ0v) is 12.5. The molecule has 2 rings (SSSR count). The van der Waals surface area contributed by atoms with Gasteiger partial charge in [0.25, 0.3) is 0 Å². The lowest BCUT2D eigenvalue weighted by molar-refractivity contribution is 0.327. The zero-order valence-electron chi connectivity index (χ0n) is 10.9. The van der Waals surface area contributed by atoms with Gasteiger partial charge in [-0.25, -0.2) is 4.98 Å². The van der Waals surface area contributed by atoms with Gasteiger partial charge in [-0.1, -0.05) is 23.8 Å². The van der Waals surface area contributed by atoms with E-state index in [1.54, 1.807) is 18.3 Å². The summed E-state index contributed by atoms with van der Waals surface area (Å²) in [5.74, 6) is 0.591. The van der Waals surface area contributed by atoms with Crippen LogP contribution in [-0.4, -0.2) is 16.6 Å². The molecule has 3 N–H and O–H groups in total. The van der Waals surface area contributed by atoms with Crippen LogP contribution in [-0.2, 0) is 0 Å². The quantitative estimate of drug-likeness (QED) is 0.828. The Morgan fingerprint density at radius 1 is 1.40 bits per heavy atom. The summed E-state index contributed by atoms with van der Waals surface area (Å²) >= 11 is 11.1. The van der Waals surface area contributed by atoms with Gasteiger partial charge in [0.05, 0.1) is 29.2 Å². The van der Waals surface area contributed by atoms with E-state index in [4.69, 9.17) is 34.3 Å². The van der Waals surface area contributed by atoms with Gasteiger partial charge in [-0.05, 0) is 31.2 Å². The molecule has 0 radical (unpaired) electrons. The number of thiocarbonyl (C=S) groups is 1. The number of nitrogens with two attached hydrogens (primary N) is 1. The lowest BCUT2D eigenvalue weighted by Crippen LogP contribution is -2.09. The minimum Gasteiger partial charge on any atom is -0.478 e. The molecule has 1 aromatic carbocycles. The highest BCUT2D eigenvalue weighted by atomic mass is 35.5. The lowest BCUT2D eigenvalue weighted by Gasteiger charge is -2.10. The molecule has 0 aliphatic heterocycles. The predicted molar refractivity (Wildman–Crippen MR) is 86.0 cm³/mol. The first-order chi connectivity index (χ1) is 9.60. The van der Waals surface area contributed by atoms with Crippen molar-refractivity contribution in [1.82, 2.24) is 4.98 Å². The molecule has 6 heteroatoms. The summed E-state index contributed by atoms with van der Waals surface area (Å²) in [7, 11) is 0. The van der Waals surface area contributed by atoms with Gasteiger partial charge in [0.2, 0.25) is 5.88 Å². The van der Waals surface area contributed by atoms with Crippen LogP contribution in [0.5, 0.6) is 5.88 Å². The van der Waals surface area contributed by atoms with E-state index < -0.39 is 0 Å². The third-order valence-corrected chi connectivity index (χ3v) is 3.11. The topological polar surface area (TPSA) is 60.2 Å². The van der Waals surface area contributed by atoms with Gasteiger partial charge in [0.1, 0.15) is 4.99 Å². The van der Waals surface area contributed by atoms with E-state index in [1.807, 2.05) is 25.1 Å². The first-order valence-corrected chi connectivity index (χ1v) is 6.84. The molecule has 1 aromatic heterocycles. The Labute approximate surface area is 127 Å². The highest BCUT2D eigenvalue weighted by Crippen LogP contribution is 2.26. The van der Waals surface area contributed by atoms with E-state index in [0.717, 1.165) is 16.9 Å². The van der Waals surface area contributed by atoms with Crippen LogP contribution in [0.1, 0.15) is 12.5 Å². The maximum atomic E-state index is 6.18. The van der Waals surface area contributed by atoms with Crippen LogP contribution >= 0.6 is 23.8 Å². The van der Waals surface area contributed by atoms with Crippen LogP contribution in [0.2, 0.25) is 5.02 Å². The van der Waals surface area contributed by atoms with Crippen molar-refractivity contribution in [3.63, 3.8) is 0 Å². The minimum atomic E-state index is 0.321. The average Bonchev–Trinajstić information content (AvgIpc) is 2.43. The van der Waals surface area contributed by atoms with Crippen LogP contribution < -0.4 is 15.8 Å². The summed E-state index contributed by atoms with van der Waals surface area (Å²) in [6, 6.07) is 9.04. The Balaban J connectivity index is 2.15. The highest BCUT2D eigenvalue weighted by Gasteiger charge is 2.04. The predicted octanol–water partition coefficient (Wildman–Crippen LogP) is 3.51. The summed E-state index contributed by atoms with van der Waals surface area (Å²) in [6.07, 6.45) is 1.68. The highest BCUT2D eigenvalue weighted by molar-refractivity contribution is 7.80. The van der Waals surface area contributed by atoms with Gasteiger partial charge in [0.15, 0.2) is 0 Å². The Bertz CT molecular complexity index is 616. The average molecular weight is 308 g/mol. The smallest absolute Gasteiger partial charge is 0.213 e. The number of nitrogens with zero attached hydrogens (tertiary/aromatic N) is 1. The molecule has 0 unspecified atom stereocenters. The molecular formula is C14H14ClN3OS. The fourth-order valence-electron chi connectivity index (χ4n) is 1.61. The molecule has 0 amide bonds. The number of hydrogen-bond acceptors (Lipinski definition) is 4. The second-order valence-corrected chi connectivity index (χ2v) is 4.85. The molecule has 0 spiro atoms. The molecule has 20 heavy (non-hydrogen) atoms. The van der Waals surface area contributed by atoms with Gasteiger partial charge in [0, 0.05) is 11.6 Å². The van der Waals surface area contributed by atoms with Gasteiger partial charge >= 0.3 is 0 Å². The van der Waals surface area contributed by atoms with Gasteiger partial charge < -0.3 is 15.8 Å². The van der Waals surface area contributed by atoms with Gasteiger partial charge in [-0.3, -0.25) is 0 Å². The Morgan fingerprint density at radius 2 is 2.20 bits per heavy atom. The van der Waals surface area contributed by atoms with Crippen LogP contribution in [0.3, 0.4) is 0 Å². The molecule has 0 saturated carbocycles. The molecule has 0 atom stereocenters. The van der Waals surface area contributed by atoms with E-state index in [2.05, 4.69) is 10.3 Å². The van der Waals surface area contributed by atoms with Gasteiger partial charge in [-0.15, -0.1) is 0 Å². The van der Waals surface area contributed by atoms with E-state index in [-0.39, 0.29) is 0 Å². The monoisotopic (exact) mass is 307 g/mol. The molecule has 0 fully saturated rings. The van der Waals surface area contributed by atoms with Crippen molar-refractivity contribution in [3.05, 3.63) is 47.1 Å². The Morgan fingerprint density at radius 3 is 2.75 bits per heavy atom. The number of rotatable bonds is 5. The fraction of sp³-hybridized carbons (Fsp3) is 0.143. The molecule has 0 aliphatic rings. The second-order valence-electron chi connectivity index (χ2n) is 4.00. The van der Waals surface area contributed by atoms with E-state index >= 15 is 0 Å². The van der Waals surface area contributed by atoms with Crippen molar-refractivity contribution >= 4 is 40.2 Å². The lowest BCUT2D eigenvalue weighted by atomic mass is 10.2. The number of pyridine rings is 1. The zero-order chi connectivity index (χ0) is 14.5. The van der Waals surface area contributed by atoms with E-state index in [9.17, 15) is 0 Å². The molecular weight excluding hydrogens is 294 g/mol. The molecule has 1 heterocycles. The number of ether oxygens (including phenoxy) is 1. The SMILES string of the molecule is CCOc1ccc(Nc2ccc(C(N)=S)cc2Cl)cn1. The van der Waals surface area contributed by atoms with Crippen molar-refractivity contribution in [2.45, 2.75) is 6.92 Å². The summed E-state index contributed by atoms with van der Waals surface area (Å²) in [5, 5.41) is 3.72. The second kappa shape index (κ2) is 6.54. The normalized spacial score (nSPS) is 10.1. The van der Waals surface area contributed by atoms with Crippen LogP contribution in [0.15, 0.2) is 36.5 Å². The third-order valence-electron chi connectivity index (χ3n) is 2.56. The third kappa shape index (κ3) is 3.59. The molecule has 0 bridgehead atoms. The van der Waals surface area contributed by atoms with Crippen LogP contribution in [0.25, 0.3) is 0 Å². The van der Waals surface area contributed by atoms with Crippen LogP contribution in [0.4, 0.5) is 11.4 Å².